The molecule has 0 saturated carbocycles. The number of aromatic nitrogens is 4. The fourth-order valence-corrected chi connectivity index (χ4v) is 4.96. The molecule has 1 N–H and O–H groups in total. The van der Waals surface area contributed by atoms with Crippen molar-refractivity contribution in [1.82, 2.24) is 25.1 Å². The molecule has 0 unspecified atom stereocenters. The summed E-state index contributed by atoms with van der Waals surface area (Å²) < 4.78 is 24.0. The van der Waals surface area contributed by atoms with Gasteiger partial charge in [0.2, 0.25) is 12.5 Å². The van der Waals surface area contributed by atoms with Gasteiger partial charge in [-0.2, -0.15) is 4.68 Å². The number of carbonyl (C=O) groups is 1. The first kappa shape index (κ1) is 23.7. The minimum absolute atomic E-state index is 0.151. The highest BCUT2D eigenvalue weighted by Gasteiger charge is 2.37. The Morgan fingerprint density at radius 2 is 1.92 bits per heavy atom. The van der Waals surface area contributed by atoms with Crippen LogP contribution in [0.1, 0.15) is 33.4 Å². The number of anilines is 1. The van der Waals surface area contributed by atoms with Gasteiger partial charge >= 0.3 is 0 Å². The zero-order valence-corrected chi connectivity index (χ0v) is 21.2. The molecule has 194 valence electrons. The van der Waals surface area contributed by atoms with Crippen LogP contribution in [0.2, 0.25) is 0 Å². The lowest BCUT2D eigenvalue weighted by molar-refractivity contribution is 0.102. The highest BCUT2D eigenvalue weighted by molar-refractivity contribution is 6.04. The third kappa shape index (κ3) is 4.06. The number of tetrazole rings is 1. The number of likely N-dealkylation sites (N-methyl/N-ethyl adjacent to an activating group) is 1. The van der Waals surface area contributed by atoms with Gasteiger partial charge in [-0.05, 0) is 78.0 Å². The Morgan fingerprint density at radius 3 is 2.71 bits per heavy atom. The fourth-order valence-electron chi connectivity index (χ4n) is 4.96. The molecule has 0 fully saturated rings. The summed E-state index contributed by atoms with van der Waals surface area (Å²) in [5, 5.41) is 15.6. The van der Waals surface area contributed by atoms with E-state index in [-0.39, 0.29) is 18.7 Å². The SMILES string of the molecule is COc1ccc(NC(=O)c2cccc(-n3nnnc3[C@H]3c4c(cc5c(c4OC)OCO5)CCN3C)c2)cc1. The van der Waals surface area contributed by atoms with Gasteiger partial charge in [0, 0.05) is 23.4 Å². The topological polar surface area (TPSA) is 113 Å². The van der Waals surface area contributed by atoms with Crippen LogP contribution in [0.25, 0.3) is 5.69 Å². The molecule has 0 saturated heterocycles. The Balaban J connectivity index is 1.36. The number of hydrogen-bond donors (Lipinski definition) is 1. The van der Waals surface area contributed by atoms with Crippen LogP contribution in [0.4, 0.5) is 5.69 Å². The third-order valence-electron chi connectivity index (χ3n) is 6.83. The summed E-state index contributed by atoms with van der Waals surface area (Å²) in [6.07, 6.45) is 0.817. The van der Waals surface area contributed by atoms with Crippen LogP contribution in [0.5, 0.6) is 23.0 Å². The van der Waals surface area contributed by atoms with E-state index in [0.717, 1.165) is 24.1 Å². The molecule has 6 rings (SSSR count). The number of nitrogens with zero attached hydrogens (tertiary/aromatic N) is 5. The zero-order valence-electron chi connectivity index (χ0n) is 21.2. The van der Waals surface area contributed by atoms with Gasteiger partial charge in [-0.25, -0.2) is 0 Å². The van der Waals surface area contributed by atoms with E-state index in [0.29, 0.717) is 45.8 Å². The van der Waals surface area contributed by atoms with Gasteiger partial charge in [-0.15, -0.1) is 5.10 Å². The van der Waals surface area contributed by atoms with Crippen LogP contribution in [0, 0.1) is 0 Å². The molecule has 0 bridgehead atoms. The molecule has 4 aromatic rings. The Bertz CT molecular complexity index is 1500. The summed E-state index contributed by atoms with van der Waals surface area (Å²) >= 11 is 0. The maximum atomic E-state index is 13.0. The van der Waals surface area contributed by atoms with Crippen LogP contribution < -0.4 is 24.3 Å². The van der Waals surface area contributed by atoms with Crippen LogP contribution in [0.3, 0.4) is 0 Å². The molecule has 3 heterocycles. The van der Waals surface area contributed by atoms with Gasteiger partial charge in [-0.1, -0.05) is 6.07 Å². The Hall–Kier alpha value is -4.64. The Morgan fingerprint density at radius 1 is 1.08 bits per heavy atom. The average molecular weight is 515 g/mol. The predicted octanol–water partition coefficient (Wildman–Crippen LogP) is 3.24. The lowest BCUT2D eigenvalue weighted by atomic mass is 9.90. The monoisotopic (exact) mass is 514 g/mol. The standard InChI is InChI=1S/C27H26N6O5/c1-32-12-11-16-14-21-24(38-15-37-21)25(36-3)22(16)23(32)26-29-30-31-33(26)19-6-4-5-17(13-19)27(34)28-18-7-9-20(35-2)10-8-18/h4-10,13-14,23H,11-12,15H2,1-3H3,(H,28,34)/t23-/m1/s1. The molecule has 1 atom stereocenters. The summed E-state index contributed by atoms with van der Waals surface area (Å²) in [5.74, 6) is 2.95. The molecule has 0 spiro atoms. The molecular formula is C27H26N6O5. The lowest BCUT2D eigenvalue weighted by Gasteiger charge is -2.34. The van der Waals surface area contributed by atoms with Gasteiger partial charge in [0.1, 0.15) is 11.8 Å². The molecule has 38 heavy (non-hydrogen) atoms. The molecule has 0 radical (unpaired) electrons. The maximum Gasteiger partial charge on any atom is 0.255 e. The van der Waals surface area contributed by atoms with E-state index in [1.54, 1.807) is 61.4 Å². The lowest BCUT2D eigenvalue weighted by Crippen LogP contribution is -2.35. The van der Waals surface area contributed by atoms with Gasteiger partial charge in [0.15, 0.2) is 17.3 Å². The highest BCUT2D eigenvalue weighted by atomic mass is 16.7. The number of carbonyl (C=O) groups excluding carboxylic acids is 1. The Kier molecular flexibility index (Phi) is 6.04. The van der Waals surface area contributed by atoms with E-state index in [1.807, 2.05) is 19.2 Å². The largest absolute Gasteiger partial charge is 0.497 e. The van der Waals surface area contributed by atoms with Gasteiger partial charge in [-0.3, -0.25) is 9.69 Å². The summed E-state index contributed by atoms with van der Waals surface area (Å²) in [6, 6.07) is 16.0. The van der Waals surface area contributed by atoms with Gasteiger partial charge < -0.3 is 24.3 Å². The second-order valence-electron chi connectivity index (χ2n) is 9.03. The summed E-state index contributed by atoms with van der Waals surface area (Å²) in [5.41, 5.74) is 3.83. The number of amides is 1. The van der Waals surface area contributed by atoms with E-state index < -0.39 is 0 Å². The average Bonchev–Trinajstić information content (AvgIpc) is 3.62. The first-order valence-electron chi connectivity index (χ1n) is 12.1. The van der Waals surface area contributed by atoms with E-state index in [4.69, 9.17) is 18.9 Å². The zero-order chi connectivity index (χ0) is 26.2. The number of hydrogen-bond acceptors (Lipinski definition) is 9. The predicted molar refractivity (Wildman–Crippen MR) is 137 cm³/mol. The first-order valence-corrected chi connectivity index (χ1v) is 12.1. The fraction of sp³-hybridized carbons (Fsp3) is 0.259. The number of methoxy groups -OCH3 is 2. The minimum atomic E-state index is -0.310. The molecule has 0 aliphatic carbocycles. The van der Waals surface area contributed by atoms with Crippen molar-refractivity contribution in [3.63, 3.8) is 0 Å². The van der Waals surface area contributed by atoms with E-state index in [1.165, 1.54) is 0 Å². The second-order valence-corrected chi connectivity index (χ2v) is 9.03. The van der Waals surface area contributed by atoms with E-state index >= 15 is 0 Å². The van der Waals surface area contributed by atoms with Crippen molar-refractivity contribution < 1.29 is 23.7 Å². The molecule has 3 aromatic carbocycles. The summed E-state index contributed by atoms with van der Waals surface area (Å²) in [7, 11) is 5.24. The molecule has 2 aliphatic rings. The van der Waals surface area contributed by atoms with Crippen molar-refractivity contribution in [2.45, 2.75) is 12.5 Å². The van der Waals surface area contributed by atoms with Gasteiger partial charge in [0.25, 0.3) is 5.91 Å². The van der Waals surface area contributed by atoms with Crippen LogP contribution in [0.15, 0.2) is 54.6 Å². The van der Waals surface area contributed by atoms with E-state index in [9.17, 15) is 4.79 Å². The number of nitrogens with one attached hydrogen (secondary N) is 1. The highest BCUT2D eigenvalue weighted by Crippen LogP contribution is 2.50. The van der Waals surface area contributed by atoms with Crippen LogP contribution in [-0.2, 0) is 6.42 Å². The molecule has 1 amide bonds. The number of fused-ring (bicyclic) bond motifs is 2. The molecule has 2 aliphatic heterocycles. The normalized spacial score (nSPS) is 16.1. The smallest absolute Gasteiger partial charge is 0.255 e. The van der Waals surface area contributed by atoms with Crippen molar-refractivity contribution in [2.75, 3.05) is 39.9 Å². The first-order chi connectivity index (χ1) is 18.6. The van der Waals surface area contributed by atoms with Crippen molar-refractivity contribution in [3.8, 4) is 28.7 Å². The van der Waals surface area contributed by atoms with Crippen LogP contribution in [-0.4, -0.2) is 65.6 Å². The van der Waals surface area contributed by atoms with Crippen molar-refractivity contribution in [2.24, 2.45) is 0 Å². The van der Waals surface area contributed by atoms with Crippen molar-refractivity contribution in [3.05, 3.63) is 77.1 Å². The molecular weight excluding hydrogens is 488 g/mol. The number of rotatable bonds is 6. The second kappa shape index (κ2) is 9.67. The van der Waals surface area contributed by atoms with Crippen molar-refractivity contribution in [1.29, 1.82) is 0 Å². The quantitative estimate of drug-likeness (QED) is 0.414. The minimum Gasteiger partial charge on any atom is -0.497 e. The van der Waals surface area contributed by atoms with E-state index in [2.05, 4.69) is 25.7 Å². The Labute approximate surface area is 218 Å². The summed E-state index contributed by atoms with van der Waals surface area (Å²) in [6.45, 7) is 0.940. The molecule has 11 heteroatoms. The molecule has 11 nitrogen and oxygen atoms in total. The third-order valence-corrected chi connectivity index (χ3v) is 6.83. The maximum absolute atomic E-state index is 13.0. The van der Waals surface area contributed by atoms with Crippen molar-refractivity contribution >= 4 is 11.6 Å². The van der Waals surface area contributed by atoms with Gasteiger partial charge in [0.05, 0.1) is 19.9 Å². The van der Waals surface area contributed by atoms with Crippen LogP contribution >= 0.6 is 0 Å². The molecule has 1 aromatic heterocycles. The summed E-state index contributed by atoms with van der Waals surface area (Å²) in [4.78, 5) is 15.2. The number of ether oxygens (including phenoxy) is 4. The number of benzene rings is 3.